The molecule has 0 atom stereocenters. The first kappa shape index (κ1) is 23.0. The van der Waals surface area contributed by atoms with Crippen molar-refractivity contribution in [3.05, 3.63) is 81.8 Å². The van der Waals surface area contributed by atoms with Gasteiger partial charge in [0.1, 0.15) is 23.1 Å². The fourth-order valence-corrected chi connectivity index (χ4v) is 4.65. The van der Waals surface area contributed by atoms with Crippen LogP contribution in [-0.4, -0.2) is 28.9 Å². The standard InChI is InChI=1S/C26H29N3O3S/c1-18-7-13-22(14-8-18)32-16-25-29-23(17-33-25)26(31)28-21-11-9-20(10-12-21)27-24(30)15-19-5-3-2-4-6-19/h2-8,13-14,17,20-21H,9-12,15-16H2,1H3,(H,27,30)(H,28,31). The third-order valence-corrected chi connectivity index (χ3v) is 6.63. The number of nitrogens with one attached hydrogen (secondary N) is 2. The number of aromatic nitrogens is 1. The molecule has 4 rings (SSSR count). The Morgan fingerprint density at radius 2 is 1.64 bits per heavy atom. The number of carbonyl (C=O) groups is 2. The molecule has 0 radical (unpaired) electrons. The van der Waals surface area contributed by atoms with E-state index < -0.39 is 0 Å². The lowest BCUT2D eigenvalue weighted by Crippen LogP contribution is -2.44. The Bertz CT molecular complexity index is 1060. The Kier molecular flexibility index (Phi) is 7.73. The van der Waals surface area contributed by atoms with E-state index in [1.807, 2.05) is 61.5 Å². The van der Waals surface area contributed by atoms with E-state index in [0.29, 0.717) is 18.7 Å². The molecule has 2 N–H and O–H groups in total. The topological polar surface area (TPSA) is 80.3 Å². The summed E-state index contributed by atoms with van der Waals surface area (Å²) in [4.78, 5) is 29.3. The monoisotopic (exact) mass is 463 g/mol. The summed E-state index contributed by atoms with van der Waals surface area (Å²) in [6.45, 7) is 2.37. The Morgan fingerprint density at radius 3 is 2.33 bits per heavy atom. The molecule has 0 unspecified atom stereocenters. The zero-order chi connectivity index (χ0) is 23.0. The lowest BCUT2D eigenvalue weighted by molar-refractivity contribution is -0.121. The summed E-state index contributed by atoms with van der Waals surface area (Å²) in [5, 5.41) is 8.77. The molecule has 7 heteroatoms. The fraction of sp³-hybridized carbons (Fsp3) is 0.346. The number of carbonyl (C=O) groups excluding carboxylic acids is 2. The van der Waals surface area contributed by atoms with Crippen LogP contribution in [0.4, 0.5) is 0 Å². The van der Waals surface area contributed by atoms with E-state index in [0.717, 1.165) is 42.0 Å². The average molecular weight is 464 g/mol. The number of ether oxygens (including phenoxy) is 1. The van der Waals surface area contributed by atoms with Gasteiger partial charge in [-0.2, -0.15) is 0 Å². The van der Waals surface area contributed by atoms with Crippen molar-refractivity contribution < 1.29 is 14.3 Å². The fourth-order valence-electron chi connectivity index (χ4n) is 3.96. The molecule has 6 nitrogen and oxygen atoms in total. The molecule has 2 aromatic carbocycles. The van der Waals surface area contributed by atoms with Gasteiger partial charge >= 0.3 is 0 Å². The number of hydrogen-bond donors (Lipinski definition) is 2. The molecule has 0 aliphatic heterocycles. The third-order valence-electron chi connectivity index (χ3n) is 5.80. The Morgan fingerprint density at radius 1 is 0.970 bits per heavy atom. The predicted octanol–water partition coefficient (Wildman–Crippen LogP) is 4.43. The molecular weight excluding hydrogens is 434 g/mol. The van der Waals surface area contributed by atoms with Crippen LogP contribution in [0.2, 0.25) is 0 Å². The van der Waals surface area contributed by atoms with E-state index in [1.165, 1.54) is 16.9 Å². The van der Waals surface area contributed by atoms with Gasteiger partial charge < -0.3 is 15.4 Å². The highest BCUT2D eigenvalue weighted by atomic mass is 32.1. The normalized spacial score (nSPS) is 17.8. The molecule has 3 aromatic rings. The number of amides is 2. The maximum absolute atomic E-state index is 12.6. The maximum Gasteiger partial charge on any atom is 0.270 e. The first-order valence-electron chi connectivity index (χ1n) is 11.3. The summed E-state index contributed by atoms with van der Waals surface area (Å²) in [5.74, 6) is 0.690. The SMILES string of the molecule is Cc1ccc(OCc2nc(C(=O)NC3CCC(NC(=O)Cc4ccccc4)CC3)cs2)cc1. The minimum absolute atomic E-state index is 0.0524. The molecule has 2 amide bonds. The quantitative estimate of drug-likeness (QED) is 0.518. The summed E-state index contributed by atoms with van der Waals surface area (Å²) in [5.41, 5.74) is 2.63. The van der Waals surface area contributed by atoms with E-state index >= 15 is 0 Å². The number of thiazole rings is 1. The molecule has 1 aliphatic rings. The van der Waals surface area contributed by atoms with Crippen molar-refractivity contribution >= 4 is 23.2 Å². The van der Waals surface area contributed by atoms with Crippen LogP contribution in [0.5, 0.6) is 5.75 Å². The van der Waals surface area contributed by atoms with Crippen molar-refractivity contribution in [2.75, 3.05) is 0 Å². The van der Waals surface area contributed by atoms with Crippen LogP contribution in [-0.2, 0) is 17.8 Å². The molecule has 1 saturated carbocycles. The van der Waals surface area contributed by atoms with Gasteiger partial charge in [0.25, 0.3) is 5.91 Å². The molecule has 1 aliphatic carbocycles. The zero-order valence-electron chi connectivity index (χ0n) is 18.8. The summed E-state index contributed by atoms with van der Waals surface area (Å²) in [6, 6.07) is 17.9. The van der Waals surface area contributed by atoms with Crippen molar-refractivity contribution in [1.82, 2.24) is 15.6 Å². The van der Waals surface area contributed by atoms with Gasteiger partial charge in [-0.3, -0.25) is 9.59 Å². The van der Waals surface area contributed by atoms with Gasteiger partial charge in [0.15, 0.2) is 0 Å². The molecule has 1 fully saturated rings. The van der Waals surface area contributed by atoms with Crippen molar-refractivity contribution in [1.29, 1.82) is 0 Å². The van der Waals surface area contributed by atoms with Crippen LogP contribution in [0.3, 0.4) is 0 Å². The second-order valence-corrected chi connectivity index (χ2v) is 9.42. The van der Waals surface area contributed by atoms with Gasteiger partial charge in [-0.1, -0.05) is 48.0 Å². The van der Waals surface area contributed by atoms with Crippen molar-refractivity contribution in [3.8, 4) is 5.75 Å². The largest absolute Gasteiger partial charge is 0.486 e. The van der Waals surface area contributed by atoms with Crippen LogP contribution >= 0.6 is 11.3 Å². The minimum atomic E-state index is -0.149. The van der Waals surface area contributed by atoms with Crippen molar-refractivity contribution in [2.45, 2.75) is 57.7 Å². The number of rotatable bonds is 8. The first-order chi connectivity index (χ1) is 16.0. The number of nitrogens with zero attached hydrogens (tertiary/aromatic N) is 1. The Labute approximate surface area is 198 Å². The predicted molar refractivity (Wildman–Crippen MR) is 129 cm³/mol. The smallest absolute Gasteiger partial charge is 0.270 e. The summed E-state index contributed by atoms with van der Waals surface area (Å²) in [6.07, 6.45) is 3.80. The van der Waals surface area contributed by atoms with Gasteiger partial charge in [0.05, 0.1) is 6.42 Å². The molecule has 172 valence electrons. The van der Waals surface area contributed by atoms with Crippen LogP contribution < -0.4 is 15.4 Å². The summed E-state index contributed by atoms with van der Waals surface area (Å²) in [7, 11) is 0. The van der Waals surface area contributed by atoms with Crippen molar-refractivity contribution in [2.24, 2.45) is 0 Å². The van der Waals surface area contributed by atoms with Gasteiger partial charge in [-0.25, -0.2) is 4.98 Å². The van der Waals surface area contributed by atoms with E-state index in [1.54, 1.807) is 5.38 Å². The highest BCUT2D eigenvalue weighted by molar-refractivity contribution is 7.09. The Hall–Kier alpha value is -3.19. The number of aryl methyl sites for hydroxylation is 1. The molecule has 0 spiro atoms. The molecule has 0 bridgehead atoms. The van der Waals surface area contributed by atoms with E-state index in [9.17, 15) is 9.59 Å². The van der Waals surface area contributed by atoms with Crippen LogP contribution in [0.25, 0.3) is 0 Å². The minimum Gasteiger partial charge on any atom is -0.486 e. The van der Waals surface area contributed by atoms with Gasteiger partial charge in [0, 0.05) is 17.5 Å². The molecular formula is C26H29N3O3S. The molecule has 33 heavy (non-hydrogen) atoms. The zero-order valence-corrected chi connectivity index (χ0v) is 19.6. The first-order valence-corrected chi connectivity index (χ1v) is 12.2. The van der Waals surface area contributed by atoms with Gasteiger partial charge in [-0.05, 0) is 50.3 Å². The summed E-state index contributed by atoms with van der Waals surface area (Å²) < 4.78 is 5.75. The van der Waals surface area contributed by atoms with Crippen LogP contribution in [0.15, 0.2) is 60.0 Å². The second-order valence-electron chi connectivity index (χ2n) is 8.48. The lowest BCUT2D eigenvalue weighted by atomic mass is 9.91. The number of hydrogen-bond acceptors (Lipinski definition) is 5. The molecule has 1 aromatic heterocycles. The van der Waals surface area contributed by atoms with Crippen molar-refractivity contribution in [3.63, 3.8) is 0 Å². The van der Waals surface area contributed by atoms with E-state index in [2.05, 4.69) is 15.6 Å². The maximum atomic E-state index is 12.6. The average Bonchev–Trinajstić information content (AvgIpc) is 3.30. The highest BCUT2D eigenvalue weighted by Crippen LogP contribution is 2.20. The number of benzene rings is 2. The molecule has 1 heterocycles. The second kappa shape index (κ2) is 11.1. The van der Waals surface area contributed by atoms with Crippen LogP contribution in [0, 0.1) is 6.92 Å². The Balaban J connectivity index is 1.18. The third kappa shape index (κ3) is 6.89. The summed E-state index contributed by atoms with van der Waals surface area (Å²) >= 11 is 1.43. The highest BCUT2D eigenvalue weighted by Gasteiger charge is 2.24. The molecule has 0 saturated heterocycles. The van der Waals surface area contributed by atoms with E-state index in [4.69, 9.17) is 4.74 Å². The lowest BCUT2D eigenvalue weighted by Gasteiger charge is -2.29. The van der Waals surface area contributed by atoms with Gasteiger partial charge in [-0.15, -0.1) is 11.3 Å². The van der Waals surface area contributed by atoms with Crippen LogP contribution in [0.1, 0.15) is 52.3 Å². The van der Waals surface area contributed by atoms with Gasteiger partial charge in [0.2, 0.25) is 5.91 Å². The van der Waals surface area contributed by atoms with E-state index in [-0.39, 0.29) is 23.9 Å².